The average Bonchev–Trinajstić information content (AvgIpc) is 2.79. The van der Waals surface area contributed by atoms with E-state index in [0.717, 1.165) is 17.2 Å². The molecule has 0 spiro atoms. The first-order chi connectivity index (χ1) is 8.19. The summed E-state index contributed by atoms with van der Waals surface area (Å²) in [5.74, 6) is 0.783. The largest absolute Gasteiger partial charge is 0.388 e. The normalized spacial score (nSPS) is 20.6. The molecule has 1 fully saturated rings. The smallest absolute Gasteiger partial charge is 0.0931 e. The number of hydrogen-bond donors (Lipinski definition) is 1. The first-order valence-electron chi connectivity index (χ1n) is 6.54. The van der Waals surface area contributed by atoms with Gasteiger partial charge < -0.3 is 10.0 Å². The lowest BCUT2D eigenvalue weighted by Crippen LogP contribution is -2.33. The minimum absolute atomic E-state index is 0.372. The highest BCUT2D eigenvalue weighted by Crippen LogP contribution is 2.26. The lowest BCUT2D eigenvalue weighted by Gasteiger charge is -2.30. The zero-order valence-corrected chi connectivity index (χ0v) is 11.5. The monoisotopic (exact) mass is 254 g/mol. The van der Waals surface area contributed by atoms with E-state index in [0.29, 0.717) is 0 Å². The quantitative estimate of drug-likeness (QED) is 0.896. The highest BCUT2D eigenvalue weighted by atomic mass is 32.1. The predicted octanol–water partition coefficient (Wildman–Crippen LogP) is 2.47. The van der Waals surface area contributed by atoms with Crippen molar-refractivity contribution < 1.29 is 5.11 Å². The summed E-state index contributed by atoms with van der Waals surface area (Å²) in [5.41, 5.74) is 0. The van der Waals surface area contributed by atoms with Crippen molar-refractivity contribution in [2.24, 2.45) is 5.92 Å². The summed E-state index contributed by atoms with van der Waals surface area (Å²) in [4.78, 5) is 7.92. The fraction of sp³-hybridized carbons (Fsp3) is 0.769. The van der Waals surface area contributed by atoms with Crippen molar-refractivity contribution in [1.82, 2.24) is 9.88 Å². The van der Waals surface area contributed by atoms with Crippen molar-refractivity contribution in [3.8, 4) is 0 Å². The van der Waals surface area contributed by atoms with E-state index in [9.17, 15) is 5.11 Å². The van der Waals surface area contributed by atoms with Crippen LogP contribution in [0.15, 0.2) is 6.20 Å². The van der Waals surface area contributed by atoms with Gasteiger partial charge in [-0.3, -0.25) is 0 Å². The molecule has 1 saturated heterocycles. The molecule has 1 atom stereocenters. The molecule has 96 valence electrons. The molecule has 4 heteroatoms. The summed E-state index contributed by atoms with van der Waals surface area (Å²) in [5, 5.41) is 10.7. The van der Waals surface area contributed by atoms with Crippen molar-refractivity contribution in [3.63, 3.8) is 0 Å². The van der Waals surface area contributed by atoms with Crippen LogP contribution >= 0.6 is 11.3 Å². The van der Waals surface area contributed by atoms with E-state index in [-0.39, 0.29) is 6.10 Å². The van der Waals surface area contributed by atoms with Gasteiger partial charge in [0.15, 0.2) is 0 Å². The van der Waals surface area contributed by atoms with Gasteiger partial charge in [-0.1, -0.05) is 6.92 Å². The van der Waals surface area contributed by atoms with Gasteiger partial charge in [0.05, 0.1) is 16.0 Å². The third-order valence-electron chi connectivity index (χ3n) is 3.60. The van der Waals surface area contributed by atoms with Crippen LogP contribution in [-0.2, 0) is 6.42 Å². The molecule has 1 aromatic rings. The molecule has 17 heavy (non-hydrogen) atoms. The van der Waals surface area contributed by atoms with Gasteiger partial charge in [-0.25, -0.2) is 4.98 Å². The molecular weight excluding hydrogens is 232 g/mol. The molecule has 1 aliphatic rings. The molecule has 0 radical (unpaired) electrons. The first-order valence-corrected chi connectivity index (χ1v) is 7.35. The van der Waals surface area contributed by atoms with E-state index in [1.807, 2.05) is 6.20 Å². The minimum Gasteiger partial charge on any atom is -0.388 e. The summed E-state index contributed by atoms with van der Waals surface area (Å²) in [6.45, 7) is 7.68. The SMILES string of the molecule is CCN1CCC(Cc2ncc(C(C)O)s2)CC1. The summed E-state index contributed by atoms with van der Waals surface area (Å²) in [7, 11) is 0. The Kier molecular flexibility index (Phi) is 4.54. The van der Waals surface area contributed by atoms with Crippen LogP contribution in [0.25, 0.3) is 0 Å². The molecule has 0 saturated carbocycles. The van der Waals surface area contributed by atoms with Crippen LogP contribution in [0, 0.1) is 5.92 Å². The van der Waals surface area contributed by atoms with Gasteiger partial charge in [0.1, 0.15) is 0 Å². The molecule has 0 bridgehead atoms. The molecule has 0 aliphatic carbocycles. The number of hydrogen-bond acceptors (Lipinski definition) is 4. The van der Waals surface area contributed by atoms with E-state index in [1.54, 1.807) is 18.3 Å². The number of aliphatic hydroxyl groups is 1. The molecule has 0 aromatic carbocycles. The molecule has 1 unspecified atom stereocenters. The van der Waals surface area contributed by atoms with E-state index in [4.69, 9.17) is 0 Å². The van der Waals surface area contributed by atoms with Crippen LogP contribution in [0.5, 0.6) is 0 Å². The maximum atomic E-state index is 9.47. The molecular formula is C13H22N2OS. The Labute approximate surface area is 107 Å². The maximum Gasteiger partial charge on any atom is 0.0931 e. The van der Waals surface area contributed by atoms with Crippen molar-refractivity contribution >= 4 is 11.3 Å². The summed E-state index contributed by atoms with van der Waals surface area (Å²) in [6.07, 6.45) is 5.12. The zero-order chi connectivity index (χ0) is 12.3. The summed E-state index contributed by atoms with van der Waals surface area (Å²) in [6, 6.07) is 0. The number of rotatable bonds is 4. The van der Waals surface area contributed by atoms with Gasteiger partial charge in [0.2, 0.25) is 0 Å². The van der Waals surface area contributed by atoms with Gasteiger partial charge in [0.25, 0.3) is 0 Å². The average molecular weight is 254 g/mol. The number of aromatic nitrogens is 1. The van der Waals surface area contributed by atoms with Gasteiger partial charge in [-0.05, 0) is 45.3 Å². The first kappa shape index (κ1) is 13.0. The minimum atomic E-state index is -0.372. The van der Waals surface area contributed by atoms with Crippen LogP contribution in [-0.4, -0.2) is 34.6 Å². The van der Waals surface area contributed by atoms with E-state index in [2.05, 4.69) is 16.8 Å². The second-order valence-electron chi connectivity index (χ2n) is 4.91. The number of aliphatic hydroxyl groups excluding tert-OH is 1. The van der Waals surface area contributed by atoms with Crippen molar-refractivity contribution in [2.45, 2.75) is 39.2 Å². The number of nitrogens with zero attached hydrogens (tertiary/aromatic N) is 2. The second-order valence-corrected chi connectivity index (χ2v) is 6.06. The molecule has 0 amide bonds. The van der Waals surface area contributed by atoms with Gasteiger partial charge in [-0.15, -0.1) is 11.3 Å². The maximum absolute atomic E-state index is 9.47. The number of thiazole rings is 1. The topological polar surface area (TPSA) is 36.4 Å². The lowest BCUT2D eigenvalue weighted by molar-refractivity contribution is 0.192. The van der Waals surface area contributed by atoms with Crippen LogP contribution in [0.4, 0.5) is 0 Å². The Morgan fingerprint density at radius 1 is 1.53 bits per heavy atom. The molecule has 2 heterocycles. The molecule has 1 aliphatic heterocycles. The van der Waals surface area contributed by atoms with Crippen molar-refractivity contribution in [1.29, 1.82) is 0 Å². The fourth-order valence-electron chi connectivity index (χ4n) is 2.37. The zero-order valence-electron chi connectivity index (χ0n) is 10.7. The van der Waals surface area contributed by atoms with Crippen LogP contribution in [0.1, 0.15) is 42.7 Å². The second kappa shape index (κ2) is 5.94. The third kappa shape index (κ3) is 3.50. The fourth-order valence-corrected chi connectivity index (χ4v) is 3.34. The van der Waals surface area contributed by atoms with Crippen molar-refractivity contribution in [2.75, 3.05) is 19.6 Å². The van der Waals surface area contributed by atoms with E-state index in [1.165, 1.54) is 37.5 Å². The summed E-state index contributed by atoms with van der Waals surface area (Å²) >= 11 is 1.67. The van der Waals surface area contributed by atoms with Gasteiger partial charge >= 0.3 is 0 Å². The van der Waals surface area contributed by atoms with Crippen LogP contribution in [0.2, 0.25) is 0 Å². The number of piperidine rings is 1. The van der Waals surface area contributed by atoms with Crippen molar-refractivity contribution in [3.05, 3.63) is 16.1 Å². The highest BCUT2D eigenvalue weighted by molar-refractivity contribution is 7.11. The molecule has 1 N–H and O–H groups in total. The Morgan fingerprint density at radius 3 is 2.76 bits per heavy atom. The Bertz CT molecular complexity index is 343. The molecule has 2 rings (SSSR count). The molecule has 1 aromatic heterocycles. The van der Waals surface area contributed by atoms with Crippen LogP contribution < -0.4 is 0 Å². The standard InChI is InChI=1S/C13H22N2OS/c1-3-15-6-4-11(5-7-15)8-13-14-9-12(17-13)10(2)16/h9-11,16H,3-8H2,1-2H3. The molecule has 3 nitrogen and oxygen atoms in total. The van der Waals surface area contributed by atoms with Gasteiger partial charge in [-0.2, -0.15) is 0 Å². The Balaban J connectivity index is 1.84. The lowest BCUT2D eigenvalue weighted by atomic mass is 9.94. The number of likely N-dealkylation sites (tertiary alicyclic amines) is 1. The Hall–Kier alpha value is -0.450. The van der Waals surface area contributed by atoms with Gasteiger partial charge in [0, 0.05) is 12.6 Å². The van der Waals surface area contributed by atoms with E-state index < -0.39 is 0 Å². The predicted molar refractivity (Wildman–Crippen MR) is 71.3 cm³/mol. The van der Waals surface area contributed by atoms with Crippen LogP contribution in [0.3, 0.4) is 0 Å². The third-order valence-corrected chi connectivity index (χ3v) is 4.79. The summed E-state index contributed by atoms with van der Waals surface area (Å²) < 4.78 is 0. The Morgan fingerprint density at radius 2 is 2.24 bits per heavy atom. The highest BCUT2D eigenvalue weighted by Gasteiger charge is 2.19. The van der Waals surface area contributed by atoms with E-state index >= 15 is 0 Å².